The van der Waals surface area contributed by atoms with E-state index in [1.165, 1.54) is 6.42 Å². The standard InChI is InChI=1S/C22H23N3O2/c23-14-15-6-4-9-18-17(15)11-12-20(18)25-13-5-10-19(22(25)27)21(26)24-16-7-2-1-3-8-16/h4-6,9-10,13,16,20H,1-3,7-8,11-12H2,(H,24,26). The lowest BCUT2D eigenvalue weighted by molar-refractivity contribution is 0.0925. The van der Waals surface area contributed by atoms with Gasteiger partial charge in [-0.15, -0.1) is 0 Å². The van der Waals surface area contributed by atoms with E-state index in [9.17, 15) is 14.9 Å². The minimum Gasteiger partial charge on any atom is -0.349 e. The van der Waals surface area contributed by atoms with Gasteiger partial charge in [-0.2, -0.15) is 5.26 Å². The van der Waals surface area contributed by atoms with Gasteiger partial charge in [0.05, 0.1) is 17.7 Å². The maximum absolute atomic E-state index is 13.0. The normalized spacial score (nSPS) is 19.3. The molecule has 1 unspecified atom stereocenters. The third kappa shape index (κ3) is 3.28. The summed E-state index contributed by atoms with van der Waals surface area (Å²) in [7, 11) is 0. The number of benzene rings is 1. The molecule has 1 heterocycles. The summed E-state index contributed by atoms with van der Waals surface area (Å²) in [6.45, 7) is 0. The lowest BCUT2D eigenvalue weighted by Crippen LogP contribution is -2.40. The van der Waals surface area contributed by atoms with Gasteiger partial charge >= 0.3 is 0 Å². The second-order valence-electron chi connectivity index (χ2n) is 7.48. The van der Waals surface area contributed by atoms with Crippen LogP contribution in [0.1, 0.15) is 71.6 Å². The molecule has 1 fully saturated rings. The lowest BCUT2D eigenvalue weighted by Gasteiger charge is -2.23. The zero-order valence-electron chi connectivity index (χ0n) is 15.3. The molecule has 0 radical (unpaired) electrons. The van der Waals surface area contributed by atoms with Crippen LogP contribution in [0.3, 0.4) is 0 Å². The van der Waals surface area contributed by atoms with Gasteiger partial charge in [-0.3, -0.25) is 9.59 Å². The zero-order valence-corrected chi connectivity index (χ0v) is 15.3. The summed E-state index contributed by atoms with van der Waals surface area (Å²) in [5.74, 6) is -0.273. The molecule has 2 aliphatic rings. The van der Waals surface area contributed by atoms with Crippen LogP contribution in [0.25, 0.3) is 0 Å². The first-order valence-electron chi connectivity index (χ1n) is 9.73. The number of hydrogen-bond donors (Lipinski definition) is 1. The Kier molecular flexibility index (Phi) is 4.81. The number of rotatable bonds is 3. The van der Waals surface area contributed by atoms with Gasteiger partial charge in [0.15, 0.2) is 0 Å². The van der Waals surface area contributed by atoms with Gasteiger partial charge in [0.2, 0.25) is 0 Å². The van der Waals surface area contributed by atoms with Gasteiger partial charge in [-0.25, -0.2) is 0 Å². The Bertz CT molecular complexity index is 964. The molecule has 5 heteroatoms. The first-order chi connectivity index (χ1) is 13.2. The predicted molar refractivity (Wildman–Crippen MR) is 103 cm³/mol. The summed E-state index contributed by atoms with van der Waals surface area (Å²) in [6, 6.07) is 11.3. The number of aromatic nitrogens is 1. The summed E-state index contributed by atoms with van der Waals surface area (Å²) < 4.78 is 1.66. The predicted octanol–water partition coefficient (Wildman–Crippen LogP) is 3.32. The molecule has 0 bridgehead atoms. The van der Waals surface area contributed by atoms with Crippen molar-refractivity contribution in [2.45, 2.75) is 57.0 Å². The van der Waals surface area contributed by atoms with Crippen molar-refractivity contribution in [1.82, 2.24) is 9.88 Å². The molecule has 1 aromatic heterocycles. The van der Waals surface area contributed by atoms with Gasteiger partial charge < -0.3 is 9.88 Å². The Labute approximate surface area is 158 Å². The number of hydrogen-bond acceptors (Lipinski definition) is 3. The third-order valence-electron chi connectivity index (χ3n) is 5.85. The first-order valence-corrected chi connectivity index (χ1v) is 9.73. The van der Waals surface area contributed by atoms with Crippen LogP contribution < -0.4 is 10.9 Å². The highest BCUT2D eigenvalue weighted by Crippen LogP contribution is 2.35. The Morgan fingerprint density at radius 3 is 2.70 bits per heavy atom. The fourth-order valence-corrected chi connectivity index (χ4v) is 4.46. The number of carbonyl (C=O) groups is 1. The van der Waals surface area contributed by atoms with Crippen LogP contribution in [0.5, 0.6) is 0 Å². The van der Waals surface area contributed by atoms with E-state index in [0.29, 0.717) is 5.56 Å². The molecule has 2 aliphatic carbocycles. The van der Waals surface area contributed by atoms with Crippen molar-refractivity contribution < 1.29 is 4.79 Å². The van der Waals surface area contributed by atoms with Gasteiger partial charge in [0.25, 0.3) is 11.5 Å². The molecule has 27 heavy (non-hydrogen) atoms. The quantitative estimate of drug-likeness (QED) is 0.911. The second-order valence-corrected chi connectivity index (χ2v) is 7.48. The highest BCUT2D eigenvalue weighted by molar-refractivity contribution is 5.94. The van der Waals surface area contributed by atoms with Crippen LogP contribution >= 0.6 is 0 Å². The maximum atomic E-state index is 13.0. The van der Waals surface area contributed by atoms with Gasteiger partial charge in [-0.1, -0.05) is 31.4 Å². The lowest BCUT2D eigenvalue weighted by atomic mass is 9.95. The smallest absolute Gasteiger partial charge is 0.263 e. The van der Waals surface area contributed by atoms with Crippen LogP contribution in [0.2, 0.25) is 0 Å². The Balaban J connectivity index is 1.63. The van der Waals surface area contributed by atoms with E-state index in [0.717, 1.165) is 49.7 Å². The number of nitriles is 1. The molecule has 1 aromatic carbocycles. The van der Waals surface area contributed by atoms with Crippen LogP contribution in [0.4, 0.5) is 0 Å². The largest absolute Gasteiger partial charge is 0.349 e. The Morgan fingerprint density at radius 1 is 1.11 bits per heavy atom. The van der Waals surface area contributed by atoms with E-state index < -0.39 is 0 Å². The average Bonchev–Trinajstić information content (AvgIpc) is 3.13. The van der Waals surface area contributed by atoms with E-state index in [1.54, 1.807) is 22.9 Å². The molecule has 2 aromatic rings. The summed E-state index contributed by atoms with van der Waals surface area (Å²) in [5.41, 5.74) is 2.66. The molecule has 1 amide bonds. The minimum absolute atomic E-state index is 0.122. The SMILES string of the molecule is N#Cc1cccc2c1CCC2n1cccc(C(=O)NC2CCCCC2)c1=O. The molecule has 1 atom stereocenters. The molecule has 5 nitrogen and oxygen atoms in total. The highest BCUT2D eigenvalue weighted by Gasteiger charge is 2.28. The van der Waals surface area contributed by atoms with Crippen molar-refractivity contribution in [3.8, 4) is 6.07 Å². The van der Waals surface area contributed by atoms with Crippen molar-refractivity contribution >= 4 is 5.91 Å². The fourth-order valence-electron chi connectivity index (χ4n) is 4.46. The number of carbonyl (C=O) groups excluding carboxylic acids is 1. The van der Waals surface area contributed by atoms with E-state index >= 15 is 0 Å². The molecule has 0 spiro atoms. The number of nitrogens with zero attached hydrogens (tertiary/aromatic N) is 2. The zero-order chi connectivity index (χ0) is 18.8. The van der Waals surface area contributed by atoms with Crippen molar-refractivity contribution in [2.75, 3.05) is 0 Å². The summed E-state index contributed by atoms with van der Waals surface area (Å²) >= 11 is 0. The van der Waals surface area contributed by atoms with Gasteiger partial charge in [-0.05, 0) is 55.0 Å². The summed E-state index contributed by atoms with van der Waals surface area (Å²) in [5, 5.41) is 12.4. The molecular formula is C22H23N3O2. The maximum Gasteiger partial charge on any atom is 0.263 e. The van der Waals surface area contributed by atoms with E-state index in [4.69, 9.17) is 0 Å². The second kappa shape index (κ2) is 7.40. The molecule has 0 aliphatic heterocycles. The number of nitrogens with one attached hydrogen (secondary N) is 1. The fraction of sp³-hybridized carbons (Fsp3) is 0.409. The van der Waals surface area contributed by atoms with Crippen molar-refractivity contribution in [2.24, 2.45) is 0 Å². The molecule has 0 saturated heterocycles. The van der Waals surface area contributed by atoms with Crippen LogP contribution in [0.15, 0.2) is 41.3 Å². The molecule has 1 saturated carbocycles. The first kappa shape index (κ1) is 17.5. The Hall–Kier alpha value is -2.87. The monoisotopic (exact) mass is 361 g/mol. The van der Waals surface area contributed by atoms with Crippen LogP contribution in [-0.4, -0.2) is 16.5 Å². The number of amides is 1. The van der Waals surface area contributed by atoms with Crippen molar-refractivity contribution in [3.63, 3.8) is 0 Å². The molecular weight excluding hydrogens is 338 g/mol. The topological polar surface area (TPSA) is 74.9 Å². The minimum atomic E-state index is -0.273. The molecule has 4 rings (SSSR count). The third-order valence-corrected chi connectivity index (χ3v) is 5.85. The van der Waals surface area contributed by atoms with Crippen molar-refractivity contribution in [3.05, 3.63) is 69.1 Å². The highest BCUT2D eigenvalue weighted by atomic mass is 16.2. The van der Waals surface area contributed by atoms with E-state index in [-0.39, 0.29) is 29.1 Å². The molecule has 138 valence electrons. The number of fused-ring (bicyclic) bond motifs is 1. The van der Waals surface area contributed by atoms with Gasteiger partial charge in [0.1, 0.15) is 5.56 Å². The molecule has 1 N–H and O–H groups in total. The van der Waals surface area contributed by atoms with Crippen LogP contribution in [0, 0.1) is 11.3 Å². The average molecular weight is 361 g/mol. The van der Waals surface area contributed by atoms with Gasteiger partial charge in [0, 0.05) is 12.2 Å². The number of pyridine rings is 1. The van der Waals surface area contributed by atoms with Crippen LogP contribution in [-0.2, 0) is 6.42 Å². The Morgan fingerprint density at radius 2 is 1.93 bits per heavy atom. The summed E-state index contributed by atoms with van der Waals surface area (Å²) in [6.07, 6.45) is 8.73. The van der Waals surface area contributed by atoms with E-state index in [1.807, 2.05) is 18.2 Å². The van der Waals surface area contributed by atoms with E-state index in [2.05, 4.69) is 11.4 Å². The summed E-state index contributed by atoms with van der Waals surface area (Å²) in [4.78, 5) is 25.7. The van der Waals surface area contributed by atoms with Crippen molar-refractivity contribution in [1.29, 1.82) is 5.26 Å².